The van der Waals surface area contributed by atoms with Crippen molar-refractivity contribution in [2.75, 3.05) is 11.9 Å². The van der Waals surface area contributed by atoms with Gasteiger partial charge in [0.1, 0.15) is 7.05 Å². The average Bonchev–Trinajstić information content (AvgIpc) is 3.14. The quantitative estimate of drug-likeness (QED) is 0.386. The van der Waals surface area contributed by atoms with E-state index in [2.05, 4.69) is 142 Å². The Balaban J connectivity index is 1.60. The molecule has 0 atom stereocenters. The largest absolute Gasteiger partial charge is 0.313 e. The number of allylic oxidation sites excluding steroid dienone is 4. The lowest BCUT2D eigenvalue weighted by molar-refractivity contribution is -0.401. The Bertz CT molecular complexity index is 1320. The number of aryl methyl sites for hydroxylation is 1. The van der Waals surface area contributed by atoms with E-state index in [0.29, 0.717) is 0 Å². The zero-order valence-corrected chi connectivity index (χ0v) is 20.6. The predicted octanol–water partition coefficient (Wildman–Crippen LogP) is 7.57. The number of hydrogen-bond donors (Lipinski definition) is 0. The van der Waals surface area contributed by atoms with Gasteiger partial charge in [-0.05, 0) is 50.6 Å². The minimum absolute atomic E-state index is 0.0231. The molecule has 0 amide bonds. The maximum atomic E-state index is 2.42. The van der Waals surface area contributed by atoms with E-state index in [4.69, 9.17) is 0 Å². The lowest BCUT2D eigenvalue weighted by Gasteiger charge is -2.27. The molecule has 33 heavy (non-hydrogen) atoms. The van der Waals surface area contributed by atoms with Gasteiger partial charge in [-0.15, -0.1) is 0 Å². The van der Waals surface area contributed by atoms with Gasteiger partial charge in [-0.1, -0.05) is 74.0 Å². The topological polar surface area (TPSA) is 6.25 Å². The van der Waals surface area contributed by atoms with Crippen LogP contribution in [-0.2, 0) is 10.8 Å². The summed E-state index contributed by atoms with van der Waals surface area (Å²) in [6.07, 6.45) is 6.84. The summed E-state index contributed by atoms with van der Waals surface area (Å²) in [5.41, 5.74) is 10.3. The summed E-state index contributed by atoms with van der Waals surface area (Å²) in [4.78, 5) is 2.42. The average molecular weight is 434 g/mol. The highest BCUT2D eigenvalue weighted by molar-refractivity contribution is 6.03. The van der Waals surface area contributed by atoms with Gasteiger partial charge < -0.3 is 4.90 Å². The zero-order chi connectivity index (χ0) is 23.4. The highest BCUT2D eigenvalue weighted by Gasteiger charge is 2.43. The van der Waals surface area contributed by atoms with Crippen molar-refractivity contribution in [3.8, 4) is 0 Å². The van der Waals surface area contributed by atoms with E-state index in [0.717, 1.165) is 0 Å². The lowest BCUT2D eigenvalue weighted by atomic mass is 9.81. The summed E-state index contributed by atoms with van der Waals surface area (Å²) >= 11 is 0. The first kappa shape index (κ1) is 21.5. The van der Waals surface area contributed by atoms with Gasteiger partial charge in [0.25, 0.3) is 0 Å². The molecule has 166 valence electrons. The fourth-order valence-electron chi connectivity index (χ4n) is 5.56. The van der Waals surface area contributed by atoms with Crippen molar-refractivity contribution in [1.29, 1.82) is 0 Å². The summed E-state index contributed by atoms with van der Waals surface area (Å²) < 4.78 is 2.33. The van der Waals surface area contributed by atoms with E-state index in [1.54, 1.807) is 0 Å². The molecule has 0 fully saturated rings. The molecule has 2 heterocycles. The number of hydrogen-bond acceptors (Lipinski definition) is 1. The Hall–Kier alpha value is -3.39. The summed E-state index contributed by atoms with van der Waals surface area (Å²) in [7, 11) is 2.18. The van der Waals surface area contributed by atoms with E-state index in [-0.39, 0.29) is 10.8 Å². The number of rotatable bonds is 3. The van der Waals surface area contributed by atoms with Crippen LogP contribution in [0.2, 0.25) is 0 Å². The summed E-state index contributed by atoms with van der Waals surface area (Å²) in [6, 6.07) is 26.3. The van der Waals surface area contributed by atoms with Crippen molar-refractivity contribution >= 4 is 22.8 Å². The molecule has 2 aliphatic heterocycles. The third-order valence-corrected chi connectivity index (χ3v) is 7.41. The number of para-hydroxylation sites is 2. The maximum absolute atomic E-state index is 2.42. The van der Waals surface area contributed by atoms with E-state index in [9.17, 15) is 0 Å². The van der Waals surface area contributed by atoms with Crippen LogP contribution in [0.5, 0.6) is 0 Å². The molecule has 3 aromatic carbocycles. The van der Waals surface area contributed by atoms with Gasteiger partial charge >= 0.3 is 0 Å². The smallest absolute Gasteiger partial charge is 0.209 e. The van der Waals surface area contributed by atoms with Gasteiger partial charge in [0.15, 0.2) is 5.71 Å². The maximum Gasteiger partial charge on any atom is 0.209 e. The molecule has 2 nitrogen and oxygen atoms in total. The van der Waals surface area contributed by atoms with Crippen molar-refractivity contribution in [3.05, 3.63) is 113 Å². The first-order chi connectivity index (χ1) is 15.7. The van der Waals surface area contributed by atoms with Gasteiger partial charge in [0, 0.05) is 40.2 Å². The van der Waals surface area contributed by atoms with Crippen molar-refractivity contribution in [1.82, 2.24) is 0 Å². The van der Waals surface area contributed by atoms with Gasteiger partial charge in [-0.25, -0.2) is 0 Å². The molecule has 0 saturated carbocycles. The second-order valence-corrected chi connectivity index (χ2v) is 10.3. The highest BCUT2D eigenvalue weighted by Crippen LogP contribution is 2.51. The molecule has 0 saturated heterocycles. The molecule has 0 aliphatic carbocycles. The van der Waals surface area contributed by atoms with Crippen LogP contribution in [0.1, 0.15) is 44.4 Å². The molecule has 0 aromatic heterocycles. The van der Waals surface area contributed by atoms with Crippen molar-refractivity contribution in [2.45, 2.75) is 45.4 Å². The van der Waals surface area contributed by atoms with Crippen molar-refractivity contribution < 1.29 is 4.58 Å². The van der Waals surface area contributed by atoms with Crippen LogP contribution >= 0.6 is 0 Å². The normalized spacial score (nSPS) is 19.5. The van der Waals surface area contributed by atoms with E-state index < -0.39 is 0 Å². The molecule has 0 spiro atoms. The van der Waals surface area contributed by atoms with Crippen LogP contribution in [0, 0.1) is 6.92 Å². The minimum Gasteiger partial charge on any atom is -0.313 e. The molecular formula is C31H33N2+. The van der Waals surface area contributed by atoms with Crippen LogP contribution in [0.3, 0.4) is 0 Å². The van der Waals surface area contributed by atoms with Gasteiger partial charge in [0.05, 0.1) is 5.41 Å². The molecule has 2 aliphatic rings. The first-order valence-electron chi connectivity index (χ1n) is 11.8. The minimum atomic E-state index is -0.0910. The number of nitrogens with zero attached hydrogens (tertiary/aromatic N) is 2. The molecular weight excluding hydrogens is 400 g/mol. The van der Waals surface area contributed by atoms with Gasteiger partial charge in [-0.2, -0.15) is 4.58 Å². The molecule has 0 N–H and O–H groups in total. The van der Waals surface area contributed by atoms with Crippen LogP contribution in [0.4, 0.5) is 17.1 Å². The van der Waals surface area contributed by atoms with E-state index in [1.165, 1.54) is 45.2 Å². The molecule has 3 aromatic rings. The van der Waals surface area contributed by atoms with Gasteiger partial charge in [-0.3, -0.25) is 0 Å². The Morgan fingerprint density at radius 1 is 0.788 bits per heavy atom. The fraction of sp³-hybridized carbons (Fsp3) is 0.258. The van der Waals surface area contributed by atoms with E-state index in [1.807, 2.05) is 0 Å². The molecule has 2 heteroatoms. The Morgan fingerprint density at radius 2 is 1.48 bits per heavy atom. The van der Waals surface area contributed by atoms with Crippen LogP contribution < -0.4 is 4.90 Å². The monoisotopic (exact) mass is 433 g/mol. The first-order valence-corrected chi connectivity index (χ1v) is 11.8. The zero-order valence-electron chi connectivity index (χ0n) is 20.6. The summed E-state index contributed by atoms with van der Waals surface area (Å²) in [6.45, 7) is 11.5. The van der Waals surface area contributed by atoms with Crippen molar-refractivity contribution in [2.24, 2.45) is 0 Å². The number of fused-ring (bicyclic) bond motifs is 2. The summed E-state index contributed by atoms with van der Waals surface area (Å²) in [5.74, 6) is 0. The standard InChI is InChI=1S/C31H33N2/c1-22-19-20-27-25(21-22)31(4,5)29(33(27)23-13-8-7-9-14-23)18-12-17-28-30(2,3)24-15-10-11-16-26(24)32(28)6/h7-21H,1-6H3/q+1. The second kappa shape index (κ2) is 7.59. The Labute approximate surface area is 198 Å². The van der Waals surface area contributed by atoms with E-state index >= 15 is 0 Å². The Morgan fingerprint density at radius 3 is 2.21 bits per heavy atom. The van der Waals surface area contributed by atoms with Gasteiger partial charge in [0.2, 0.25) is 5.69 Å². The molecule has 0 radical (unpaired) electrons. The fourth-order valence-corrected chi connectivity index (χ4v) is 5.56. The predicted molar refractivity (Wildman–Crippen MR) is 140 cm³/mol. The molecule has 0 bridgehead atoms. The third kappa shape index (κ3) is 3.28. The SMILES string of the molecule is Cc1ccc2c(c1)C(C)(C)C(=CC=CC1=[N+](C)c3ccccc3C1(C)C)N2c1ccccc1. The summed E-state index contributed by atoms with van der Waals surface area (Å²) in [5, 5.41) is 0. The van der Waals surface area contributed by atoms with Crippen LogP contribution in [0.15, 0.2) is 96.7 Å². The number of anilines is 2. The third-order valence-electron chi connectivity index (χ3n) is 7.41. The molecule has 0 unspecified atom stereocenters. The molecule has 5 rings (SSSR count). The second-order valence-electron chi connectivity index (χ2n) is 10.3. The Kier molecular flexibility index (Phi) is 4.93. The highest BCUT2D eigenvalue weighted by atomic mass is 15.2. The van der Waals surface area contributed by atoms with Crippen LogP contribution in [-0.4, -0.2) is 17.3 Å². The van der Waals surface area contributed by atoms with Crippen molar-refractivity contribution in [3.63, 3.8) is 0 Å². The lowest BCUT2D eigenvalue weighted by Crippen LogP contribution is -2.26. The van der Waals surface area contributed by atoms with Crippen LogP contribution in [0.25, 0.3) is 0 Å². The number of benzene rings is 3.